The maximum Gasteiger partial charge on any atom is 0.336 e. The van der Waals surface area contributed by atoms with Crippen LogP contribution < -0.4 is 0 Å². The van der Waals surface area contributed by atoms with E-state index in [4.69, 9.17) is 14.2 Å². The molecule has 3 heterocycles. The number of carbonyl (C=O) groups is 3. The molecule has 0 aliphatic carbocycles. The van der Waals surface area contributed by atoms with Crippen molar-refractivity contribution in [2.45, 2.75) is 37.6 Å². The highest BCUT2D eigenvalue weighted by Crippen LogP contribution is 2.36. The molecule has 1 aromatic rings. The summed E-state index contributed by atoms with van der Waals surface area (Å²) in [4.78, 5) is 36.1. The zero-order valence-electron chi connectivity index (χ0n) is 14.3. The molecule has 27 heavy (non-hydrogen) atoms. The van der Waals surface area contributed by atoms with E-state index < -0.39 is 23.5 Å². The van der Waals surface area contributed by atoms with Crippen molar-refractivity contribution in [2.75, 3.05) is 19.8 Å². The molecule has 0 amide bonds. The summed E-state index contributed by atoms with van der Waals surface area (Å²) in [6, 6.07) is 0. The predicted molar refractivity (Wildman–Crippen MR) is 87.7 cm³/mol. The first-order valence-electron chi connectivity index (χ1n) is 8.62. The van der Waals surface area contributed by atoms with Crippen molar-refractivity contribution in [1.82, 2.24) is 0 Å². The normalized spacial score (nSPS) is 25.1. The lowest BCUT2D eigenvalue weighted by Gasteiger charge is -2.21. The van der Waals surface area contributed by atoms with Crippen molar-refractivity contribution in [3.63, 3.8) is 0 Å². The minimum atomic E-state index is -1.46. The number of benzene rings is 1. The number of epoxide rings is 3. The minimum Gasteiger partial charge on any atom is -0.478 e. The van der Waals surface area contributed by atoms with E-state index in [2.05, 4.69) is 0 Å². The minimum absolute atomic E-state index is 0.00557. The zero-order chi connectivity index (χ0) is 19.3. The van der Waals surface area contributed by atoms with Gasteiger partial charge in [0.05, 0.1) is 54.8 Å². The molecular formula is C18H18O9. The summed E-state index contributed by atoms with van der Waals surface area (Å²) in [5, 5.41) is 29.4. The molecule has 9 heteroatoms. The summed E-state index contributed by atoms with van der Waals surface area (Å²) in [7, 11) is 0. The molecule has 0 aromatic heterocycles. The van der Waals surface area contributed by atoms with Crippen LogP contribution >= 0.6 is 0 Å². The highest BCUT2D eigenvalue weighted by Gasteiger charge is 2.39. The number of carboxylic acids is 3. The van der Waals surface area contributed by atoms with Crippen LogP contribution in [0.25, 0.3) is 0 Å². The van der Waals surface area contributed by atoms with Gasteiger partial charge in [-0.05, 0) is 16.7 Å². The summed E-state index contributed by atoms with van der Waals surface area (Å²) >= 11 is 0. The van der Waals surface area contributed by atoms with Gasteiger partial charge in [-0.3, -0.25) is 0 Å². The summed E-state index contributed by atoms with van der Waals surface area (Å²) in [6.07, 6.45) is -0.299. The van der Waals surface area contributed by atoms with Gasteiger partial charge in [0.25, 0.3) is 0 Å². The van der Waals surface area contributed by atoms with Gasteiger partial charge in [-0.25, -0.2) is 14.4 Å². The van der Waals surface area contributed by atoms with Gasteiger partial charge in [-0.1, -0.05) is 0 Å². The zero-order valence-corrected chi connectivity index (χ0v) is 14.3. The molecular weight excluding hydrogens is 360 g/mol. The topological polar surface area (TPSA) is 149 Å². The molecule has 9 nitrogen and oxygen atoms in total. The molecule has 0 radical (unpaired) electrons. The van der Waals surface area contributed by atoms with Gasteiger partial charge in [0.15, 0.2) is 0 Å². The molecule has 0 spiro atoms. The van der Waals surface area contributed by atoms with Gasteiger partial charge in [0.1, 0.15) is 0 Å². The van der Waals surface area contributed by atoms with Crippen LogP contribution in [0.1, 0.15) is 47.8 Å². The molecule has 1 aromatic carbocycles. The van der Waals surface area contributed by atoms with Crippen LogP contribution in [0.2, 0.25) is 0 Å². The Morgan fingerprint density at radius 3 is 1.26 bits per heavy atom. The molecule has 0 bridgehead atoms. The highest BCUT2D eigenvalue weighted by molar-refractivity contribution is 6.07. The van der Waals surface area contributed by atoms with Gasteiger partial charge >= 0.3 is 17.9 Å². The van der Waals surface area contributed by atoms with E-state index in [9.17, 15) is 29.7 Å². The molecule has 0 saturated carbocycles. The summed E-state index contributed by atoms with van der Waals surface area (Å²) in [5.41, 5.74) is -0.403. The van der Waals surface area contributed by atoms with Crippen LogP contribution in [0.3, 0.4) is 0 Å². The van der Waals surface area contributed by atoms with E-state index in [1.807, 2.05) is 0 Å². The van der Waals surface area contributed by atoms with Crippen LogP contribution in [0.15, 0.2) is 0 Å². The first-order chi connectivity index (χ1) is 12.9. The molecule has 3 N–H and O–H groups in total. The fraction of sp³-hybridized carbons (Fsp3) is 0.500. The van der Waals surface area contributed by atoms with Crippen molar-refractivity contribution >= 4 is 17.9 Å². The lowest BCUT2D eigenvalue weighted by Crippen LogP contribution is -2.24. The number of rotatable bonds is 9. The molecule has 3 unspecified atom stereocenters. The first kappa shape index (κ1) is 17.9. The Hall–Kier alpha value is -2.49. The van der Waals surface area contributed by atoms with Crippen molar-refractivity contribution in [3.8, 4) is 0 Å². The SMILES string of the molecule is O=C(O)c1c(CC2CO2)c(CC2CO2)c(C(=O)O)c(C(=O)O)c1CC1CO1. The second-order valence-electron chi connectivity index (χ2n) is 6.95. The van der Waals surface area contributed by atoms with Crippen LogP contribution in [0.5, 0.6) is 0 Å². The third kappa shape index (κ3) is 3.66. The van der Waals surface area contributed by atoms with Crippen LogP contribution in [0, 0.1) is 0 Å². The first-order valence-corrected chi connectivity index (χ1v) is 8.62. The molecule has 144 valence electrons. The van der Waals surface area contributed by atoms with E-state index in [0.29, 0.717) is 25.4 Å². The van der Waals surface area contributed by atoms with Gasteiger partial charge < -0.3 is 29.5 Å². The molecule has 3 saturated heterocycles. The van der Waals surface area contributed by atoms with Gasteiger partial charge in [-0.2, -0.15) is 0 Å². The van der Waals surface area contributed by atoms with Crippen molar-refractivity contribution in [2.24, 2.45) is 0 Å². The van der Waals surface area contributed by atoms with Crippen molar-refractivity contribution in [1.29, 1.82) is 0 Å². The maximum absolute atomic E-state index is 12.1. The molecule has 3 aliphatic rings. The smallest absolute Gasteiger partial charge is 0.336 e. The Morgan fingerprint density at radius 1 is 0.630 bits per heavy atom. The second kappa shape index (κ2) is 6.59. The Kier molecular flexibility index (Phi) is 4.37. The summed E-state index contributed by atoms with van der Waals surface area (Å²) < 4.78 is 15.6. The molecule has 4 rings (SSSR count). The standard InChI is InChI=1S/C18H18O9/c19-16(20)13-10(1-7-4-25-7)11(2-8-5-26-8)14(17(21)22)15(18(23)24)12(13)3-9-6-27-9/h7-9H,1-6H2,(H,19,20)(H,21,22)(H,23,24). The summed E-state index contributed by atoms with van der Waals surface area (Å²) in [5.74, 6) is -4.13. The summed E-state index contributed by atoms with van der Waals surface area (Å²) in [6.45, 7) is 1.28. The molecule has 3 fully saturated rings. The third-order valence-electron chi connectivity index (χ3n) is 4.97. The number of ether oxygens (including phenoxy) is 3. The van der Waals surface area contributed by atoms with E-state index >= 15 is 0 Å². The Balaban J connectivity index is 2.00. The second-order valence-corrected chi connectivity index (χ2v) is 6.95. The van der Waals surface area contributed by atoms with Gasteiger partial charge in [-0.15, -0.1) is 0 Å². The van der Waals surface area contributed by atoms with Crippen LogP contribution in [-0.2, 0) is 33.5 Å². The van der Waals surface area contributed by atoms with E-state index in [1.54, 1.807) is 0 Å². The van der Waals surface area contributed by atoms with E-state index in [1.165, 1.54) is 0 Å². The Morgan fingerprint density at radius 2 is 0.926 bits per heavy atom. The molecule has 3 aliphatic heterocycles. The third-order valence-corrected chi connectivity index (χ3v) is 4.97. The highest BCUT2D eigenvalue weighted by atomic mass is 16.6. The fourth-order valence-corrected chi connectivity index (χ4v) is 3.54. The fourth-order valence-electron chi connectivity index (χ4n) is 3.54. The maximum atomic E-state index is 12.1. The number of aromatic carboxylic acids is 3. The molecule has 3 atom stereocenters. The average molecular weight is 378 g/mol. The predicted octanol–water partition coefficient (Wildman–Crippen LogP) is 0.605. The monoisotopic (exact) mass is 378 g/mol. The number of carboxylic acid groups (broad SMARTS) is 3. The Bertz CT molecular complexity index is 832. The van der Waals surface area contributed by atoms with Crippen molar-refractivity contribution < 1.29 is 43.9 Å². The average Bonchev–Trinajstić information content (AvgIpc) is 3.41. The number of hydrogen-bond donors (Lipinski definition) is 3. The van der Waals surface area contributed by atoms with Gasteiger partial charge in [0, 0.05) is 19.3 Å². The van der Waals surface area contributed by atoms with E-state index in [0.717, 1.165) is 0 Å². The largest absolute Gasteiger partial charge is 0.478 e. The quantitative estimate of drug-likeness (QED) is 0.525. The van der Waals surface area contributed by atoms with Crippen molar-refractivity contribution in [3.05, 3.63) is 33.4 Å². The van der Waals surface area contributed by atoms with E-state index in [-0.39, 0.29) is 59.8 Å². The van der Waals surface area contributed by atoms with Crippen LogP contribution in [-0.4, -0.2) is 71.4 Å². The lowest BCUT2D eigenvalue weighted by molar-refractivity contribution is 0.0645. The van der Waals surface area contributed by atoms with Crippen LogP contribution in [0.4, 0.5) is 0 Å². The lowest BCUT2D eigenvalue weighted by atomic mass is 9.81. The number of hydrogen-bond acceptors (Lipinski definition) is 6. The van der Waals surface area contributed by atoms with Gasteiger partial charge in [0.2, 0.25) is 0 Å². The Labute approximate surface area is 153 Å².